The third-order valence-corrected chi connectivity index (χ3v) is 6.42. The van der Waals surface area contributed by atoms with E-state index in [2.05, 4.69) is 23.1 Å². The van der Waals surface area contributed by atoms with Gasteiger partial charge < -0.3 is 29.9 Å². The Kier molecular flexibility index (Phi) is 11.1. The lowest BCUT2D eigenvalue weighted by atomic mass is 10.0. The molecule has 2 aliphatic heterocycles. The van der Waals surface area contributed by atoms with Crippen LogP contribution in [0.5, 0.6) is 0 Å². The van der Waals surface area contributed by atoms with Crippen molar-refractivity contribution in [2.75, 3.05) is 53.0 Å². The second-order valence-electron chi connectivity index (χ2n) is 9.05. The molecule has 1 aromatic carbocycles. The van der Waals surface area contributed by atoms with Gasteiger partial charge in [-0.15, -0.1) is 6.42 Å². The van der Waals surface area contributed by atoms with Crippen molar-refractivity contribution < 1.29 is 28.7 Å². The molecule has 210 valence electrons. The summed E-state index contributed by atoms with van der Waals surface area (Å²) < 4.78 is 10.1. The zero-order valence-electron chi connectivity index (χ0n) is 22.2. The second kappa shape index (κ2) is 14.8. The number of piperazine rings is 1. The van der Waals surface area contributed by atoms with Gasteiger partial charge >= 0.3 is 12.1 Å². The summed E-state index contributed by atoms with van der Waals surface area (Å²) >= 11 is 0. The maximum Gasteiger partial charge on any atom is 0.407 e. The van der Waals surface area contributed by atoms with Crippen molar-refractivity contribution in [3.63, 3.8) is 0 Å². The van der Waals surface area contributed by atoms with E-state index < -0.39 is 24.3 Å². The van der Waals surface area contributed by atoms with Gasteiger partial charge in [0.15, 0.2) is 0 Å². The molecule has 2 atom stereocenters. The summed E-state index contributed by atoms with van der Waals surface area (Å²) in [5, 5.41) is 8.52. The molecule has 0 aromatic heterocycles. The summed E-state index contributed by atoms with van der Waals surface area (Å²) in [5.41, 5.74) is 0.914. The van der Waals surface area contributed by atoms with Crippen molar-refractivity contribution in [3.8, 4) is 12.3 Å². The van der Waals surface area contributed by atoms with Gasteiger partial charge in [0.2, 0.25) is 11.8 Å². The van der Waals surface area contributed by atoms with Gasteiger partial charge in [-0.05, 0) is 18.4 Å². The number of amides is 5. The molecule has 2 N–H and O–H groups in total. The molecule has 12 nitrogen and oxygen atoms in total. The standard InChI is InChI=1S/C27H36N6O6/c1-4-14-31-20-24(34)32-22(12-9-13-28-27(37)39-16-5-2)25(35)30(15-17-38-3)19-23(32)33(31)26(36)29-18-21-10-7-6-8-11-21/h1,5-8,10-11,22-23H,2,9,12-20H2,3H3,(H,28,37)(H,29,36)/t22-,23-/m0/s1. The van der Waals surface area contributed by atoms with E-state index in [1.54, 1.807) is 4.90 Å². The first-order valence-electron chi connectivity index (χ1n) is 12.8. The zero-order chi connectivity index (χ0) is 28.2. The maximum absolute atomic E-state index is 13.5. The SMILES string of the molecule is C#CCN1CC(=O)N2[C@@H](CCCNC(=O)OCC=C)C(=O)N(CCOC)C[C@@H]2N1C(=O)NCc1ccccc1. The van der Waals surface area contributed by atoms with Crippen LogP contribution in [0.3, 0.4) is 0 Å². The number of hydrogen-bond acceptors (Lipinski definition) is 7. The Bertz CT molecular complexity index is 1060. The first kappa shape index (κ1) is 29.5. The van der Waals surface area contributed by atoms with Gasteiger partial charge in [0.05, 0.1) is 26.2 Å². The molecule has 0 radical (unpaired) electrons. The average molecular weight is 541 g/mol. The number of nitrogens with one attached hydrogen (secondary N) is 2. The predicted molar refractivity (Wildman–Crippen MR) is 143 cm³/mol. The molecule has 39 heavy (non-hydrogen) atoms. The highest BCUT2D eigenvalue weighted by Crippen LogP contribution is 2.28. The highest BCUT2D eigenvalue weighted by atomic mass is 16.5. The molecule has 0 saturated carbocycles. The first-order chi connectivity index (χ1) is 18.9. The number of hydrazine groups is 1. The number of fused-ring (bicyclic) bond motifs is 1. The molecule has 0 spiro atoms. The van der Waals surface area contributed by atoms with Crippen LogP contribution in [0.1, 0.15) is 18.4 Å². The quantitative estimate of drug-likeness (QED) is 0.228. The Labute approximate surface area is 228 Å². The van der Waals surface area contributed by atoms with Crippen molar-refractivity contribution in [1.29, 1.82) is 0 Å². The Balaban J connectivity index is 1.80. The Morgan fingerprint density at radius 2 is 2.00 bits per heavy atom. The van der Waals surface area contributed by atoms with Gasteiger partial charge in [-0.1, -0.05) is 48.9 Å². The number of alkyl carbamates (subject to hydrolysis) is 1. The zero-order valence-corrected chi connectivity index (χ0v) is 22.2. The Morgan fingerprint density at radius 1 is 1.23 bits per heavy atom. The van der Waals surface area contributed by atoms with E-state index in [9.17, 15) is 19.2 Å². The lowest BCUT2D eigenvalue weighted by Crippen LogP contribution is -2.76. The number of rotatable bonds is 12. The normalized spacial score (nSPS) is 19.2. The van der Waals surface area contributed by atoms with Crippen LogP contribution >= 0.6 is 0 Å². The van der Waals surface area contributed by atoms with Crippen LogP contribution in [0.25, 0.3) is 0 Å². The van der Waals surface area contributed by atoms with Crippen molar-refractivity contribution >= 4 is 23.9 Å². The van der Waals surface area contributed by atoms with Crippen LogP contribution < -0.4 is 10.6 Å². The lowest BCUT2D eigenvalue weighted by molar-refractivity contribution is -0.189. The van der Waals surface area contributed by atoms with E-state index in [-0.39, 0.29) is 57.6 Å². The minimum Gasteiger partial charge on any atom is -0.445 e. The largest absolute Gasteiger partial charge is 0.445 e. The van der Waals surface area contributed by atoms with Crippen molar-refractivity contribution in [2.45, 2.75) is 31.6 Å². The summed E-state index contributed by atoms with van der Waals surface area (Å²) in [6.45, 7) is 4.70. The van der Waals surface area contributed by atoms with E-state index in [0.717, 1.165) is 5.56 Å². The molecule has 3 rings (SSSR count). The topological polar surface area (TPSA) is 124 Å². The summed E-state index contributed by atoms with van der Waals surface area (Å²) in [7, 11) is 1.54. The van der Waals surface area contributed by atoms with Crippen molar-refractivity contribution in [2.24, 2.45) is 0 Å². The summed E-state index contributed by atoms with van der Waals surface area (Å²) in [6.07, 6.45) is 6.36. The number of carbonyl (C=O) groups is 4. The summed E-state index contributed by atoms with van der Waals surface area (Å²) in [5.74, 6) is 1.98. The molecule has 0 bridgehead atoms. The van der Waals surface area contributed by atoms with Crippen molar-refractivity contribution in [1.82, 2.24) is 30.5 Å². The average Bonchev–Trinajstić information content (AvgIpc) is 2.93. The minimum absolute atomic E-state index is 0.0439. The monoisotopic (exact) mass is 540 g/mol. The number of hydrogen-bond donors (Lipinski definition) is 2. The van der Waals surface area contributed by atoms with Gasteiger partial charge in [-0.3, -0.25) is 9.59 Å². The van der Waals surface area contributed by atoms with Gasteiger partial charge in [0, 0.05) is 26.7 Å². The van der Waals surface area contributed by atoms with Crippen LogP contribution in [0.4, 0.5) is 9.59 Å². The molecular formula is C27H36N6O6. The predicted octanol–water partition coefficient (Wildman–Crippen LogP) is 0.766. The molecular weight excluding hydrogens is 504 g/mol. The third kappa shape index (κ3) is 7.72. The number of urea groups is 1. The molecule has 0 aliphatic carbocycles. The van der Waals surface area contributed by atoms with Gasteiger partial charge in [0.1, 0.15) is 18.8 Å². The highest BCUT2D eigenvalue weighted by Gasteiger charge is 2.50. The van der Waals surface area contributed by atoms with E-state index in [4.69, 9.17) is 15.9 Å². The van der Waals surface area contributed by atoms with Crippen LogP contribution in [-0.2, 0) is 25.6 Å². The molecule has 5 amide bonds. The minimum atomic E-state index is -0.823. The molecule has 1 aromatic rings. The fourth-order valence-corrected chi connectivity index (χ4v) is 4.64. The molecule has 0 unspecified atom stereocenters. The lowest BCUT2D eigenvalue weighted by Gasteiger charge is -2.55. The molecule has 2 heterocycles. The van der Waals surface area contributed by atoms with Crippen LogP contribution in [0, 0.1) is 12.3 Å². The van der Waals surface area contributed by atoms with E-state index in [1.165, 1.54) is 28.1 Å². The molecule has 12 heteroatoms. The van der Waals surface area contributed by atoms with E-state index in [0.29, 0.717) is 19.6 Å². The highest BCUT2D eigenvalue weighted by molar-refractivity contribution is 5.91. The number of terminal acetylenes is 1. The number of ether oxygens (including phenoxy) is 2. The molecule has 2 fully saturated rings. The summed E-state index contributed by atoms with van der Waals surface area (Å²) in [4.78, 5) is 55.2. The second-order valence-corrected chi connectivity index (χ2v) is 9.05. The third-order valence-electron chi connectivity index (χ3n) is 6.42. The Hall–Kier alpha value is -4.08. The fourth-order valence-electron chi connectivity index (χ4n) is 4.64. The number of benzene rings is 1. The molecule has 2 aliphatic rings. The van der Waals surface area contributed by atoms with Crippen LogP contribution in [0.2, 0.25) is 0 Å². The first-order valence-corrected chi connectivity index (χ1v) is 12.8. The molecule has 2 saturated heterocycles. The van der Waals surface area contributed by atoms with Gasteiger partial charge in [0.25, 0.3) is 0 Å². The maximum atomic E-state index is 13.5. The van der Waals surface area contributed by atoms with Crippen LogP contribution in [-0.4, -0.2) is 109 Å². The fraction of sp³-hybridized carbons (Fsp3) is 0.481. The number of carbonyl (C=O) groups excluding carboxylic acids is 4. The van der Waals surface area contributed by atoms with Crippen LogP contribution in [0.15, 0.2) is 43.0 Å². The van der Waals surface area contributed by atoms with Gasteiger partial charge in [-0.25, -0.2) is 14.6 Å². The number of nitrogens with zero attached hydrogens (tertiary/aromatic N) is 4. The van der Waals surface area contributed by atoms with Crippen molar-refractivity contribution in [3.05, 3.63) is 48.6 Å². The van der Waals surface area contributed by atoms with E-state index in [1.807, 2.05) is 30.3 Å². The Morgan fingerprint density at radius 3 is 2.69 bits per heavy atom. The van der Waals surface area contributed by atoms with Gasteiger partial charge in [-0.2, -0.15) is 5.01 Å². The smallest absolute Gasteiger partial charge is 0.407 e. The summed E-state index contributed by atoms with van der Waals surface area (Å²) in [6, 6.07) is 8.20. The number of methoxy groups -OCH3 is 1. The van der Waals surface area contributed by atoms with E-state index >= 15 is 0 Å².